The van der Waals surface area contributed by atoms with Crippen LogP contribution < -0.4 is 0 Å². The Hall–Kier alpha value is 0.679. The first kappa shape index (κ1) is 14.7. The van der Waals surface area contributed by atoms with Crippen molar-refractivity contribution in [3.8, 4) is 0 Å². The predicted octanol–water partition coefficient (Wildman–Crippen LogP) is 2.09. The molecule has 1 radical (unpaired) electrons. The predicted molar refractivity (Wildman–Crippen MR) is 72.1 cm³/mol. The third kappa shape index (κ3) is 2.57. The Labute approximate surface area is 110 Å². The zero-order valence-corrected chi connectivity index (χ0v) is 15.3. The summed E-state index contributed by atoms with van der Waals surface area (Å²) in [6.07, 6.45) is 0.594. The fraction of sp³-hybridized carbons (Fsp3) is 1.00. The van der Waals surface area contributed by atoms with Crippen LogP contribution in [0.1, 0.15) is 48.5 Å². The maximum absolute atomic E-state index is 2.76. The molecule has 1 aliphatic rings. The molecule has 0 N–H and O–H groups in total. The number of hydrogen-bond donors (Lipinski definition) is 0. The SMILES string of the molecule is CC1[N](C(C)(C)C)[Sn]([N](C)C)[N]1C(C)(C)C. The van der Waals surface area contributed by atoms with Crippen molar-refractivity contribution in [1.29, 1.82) is 0 Å². The van der Waals surface area contributed by atoms with Gasteiger partial charge in [-0.25, -0.2) is 0 Å². The molecule has 1 aliphatic heterocycles. The molecule has 1 rings (SSSR count). The van der Waals surface area contributed by atoms with E-state index >= 15 is 0 Å². The van der Waals surface area contributed by atoms with Crippen molar-refractivity contribution in [1.82, 2.24) is 9.36 Å². The van der Waals surface area contributed by atoms with Crippen LogP contribution in [0.25, 0.3) is 0 Å². The average molecular weight is 333 g/mol. The standard InChI is InChI=1S/C10H22N2.C2H6N.Sn/c1-8(11-9(2,3)4)12-10(5,6)7;1-3-2;/h8H,1-7H3;1-2H3;/q-2;-1;+3. The second-order valence-electron chi connectivity index (χ2n) is 6.91. The summed E-state index contributed by atoms with van der Waals surface area (Å²) in [7, 11) is 4.50. The summed E-state index contributed by atoms with van der Waals surface area (Å²) in [5.74, 6) is 0. The molecule has 0 aromatic rings. The molecule has 0 amide bonds. The van der Waals surface area contributed by atoms with Crippen molar-refractivity contribution in [3.63, 3.8) is 0 Å². The van der Waals surface area contributed by atoms with Crippen molar-refractivity contribution in [2.75, 3.05) is 14.1 Å². The minimum absolute atomic E-state index is 0.306. The molecule has 1 heterocycles. The first-order valence-electron chi connectivity index (χ1n) is 6.11. The van der Waals surface area contributed by atoms with Gasteiger partial charge in [0.05, 0.1) is 0 Å². The van der Waals surface area contributed by atoms with Crippen LogP contribution in [0.5, 0.6) is 0 Å². The molecule has 3 nitrogen and oxygen atoms in total. The van der Waals surface area contributed by atoms with Gasteiger partial charge in [-0.05, 0) is 0 Å². The van der Waals surface area contributed by atoms with Crippen molar-refractivity contribution >= 4 is 20.6 Å². The molecule has 16 heavy (non-hydrogen) atoms. The van der Waals surface area contributed by atoms with Gasteiger partial charge in [0, 0.05) is 0 Å². The molecule has 0 aromatic carbocycles. The van der Waals surface area contributed by atoms with Crippen LogP contribution in [0.15, 0.2) is 0 Å². The zero-order valence-electron chi connectivity index (χ0n) is 12.4. The zero-order chi connectivity index (χ0) is 12.9. The monoisotopic (exact) mass is 334 g/mol. The van der Waals surface area contributed by atoms with Gasteiger partial charge in [-0.1, -0.05) is 0 Å². The van der Waals surface area contributed by atoms with Gasteiger partial charge < -0.3 is 0 Å². The van der Waals surface area contributed by atoms with E-state index < -0.39 is 20.6 Å². The van der Waals surface area contributed by atoms with Gasteiger partial charge in [0.25, 0.3) is 0 Å². The molecule has 0 spiro atoms. The van der Waals surface area contributed by atoms with Crippen LogP contribution in [0.2, 0.25) is 0 Å². The van der Waals surface area contributed by atoms with E-state index in [1.54, 1.807) is 0 Å². The fourth-order valence-corrected chi connectivity index (χ4v) is 11.3. The van der Waals surface area contributed by atoms with Gasteiger partial charge in [-0.2, -0.15) is 0 Å². The topological polar surface area (TPSA) is 9.72 Å². The van der Waals surface area contributed by atoms with Crippen LogP contribution in [0, 0.1) is 0 Å². The van der Waals surface area contributed by atoms with Crippen molar-refractivity contribution in [2.24, 2.45) is 0 Å². The van der Waals surface area contributed by atoms with Crippen LogP contribution in [-0.4, -0.2) is 61.3 Å². The summed E-state index contributed by atoms with van der Waals surface area (Å²) in [6, 6.07) is 0. The van der Waals surface area contributed by atoms with E-state index in [0.29, 0.717) is 17.2 Å². The van der Waals surface area contributed by atoms with Crippen molar-refractivity contribution in [3.05, 3.63) is 0 Å². The molecular weight excluding hydrogens is 305 g/mol. The molecule has 0 saturated carbocycles. The summed E-state index contributed by atoms with van der Waals surface area (Å²) in [5.41, 5.74) is 0.612. The Morgan fingerprint density at radius 3 is 1.38 bits per heavy atom. The van der Waals surface area contributed by atoms with Gasteiger partial charge in [-0.15, -0.1) is 0 Å². The summed E-state index contributed by atoms with van der Waals surface area (Å²) >= 11 is -1.75. The first-order chi connectivity index (χ1) is 6.98. The molecule has 95 valence electrons. The van der Waals surface area contributed by atoms with Crippen molar-refractivity contribution in [2.45, 2.75) is 65.7 Å². The molecule has 4 heteroatoms. The van der Waals surface area contributed by atoms with Gasteiger partial charge >= 0.3 is 110 Å². The summed E-state index contributed by atoms with van der Waals surface area (Å²) < 4.78 is 8.03. The molecule has 0 aromatic heterocycles. The van der Waals surface area contributed by atoms with E-state index in [1.807, 2.05) is 0 Å². The van der Waals surface area contributed by atoms with Gasteiger partial charge in [0.1, 0.15) is 0 Å². The fourth-order valence-electron chi connectivity index (χ4n) is 2.66. The summed E-state index contributed by atoms with van der Waals surface area (Å²) in [5, 5.41) is 0. The quantitative estimate of drug-likeness (QED) is 0.681. The van der Waals surface area contributed by atoms with E-state index in [0.717, 1.165) is 0 Å². The Bertz CT molecular complexity index is 230. The number of nitrogens with zero attached hydrogens (tertiary/aromatic N) is 3. The second kappa shape index (κ2) is 4.41. The van der Waals surface area contributed by atoms with E-state index in [1.165, 1.54) is 0 Å². The number of rotatable bonds is 1. The van der Waals surface area contributed by atoms with Crippen LogP contribution in [0.3, 0.4) is 0 Å². The third-order valence-corrected chi connectivity index (χ3v) is 13.7. The Balaban J connectivity index is 2.95. The normalized spacial score (nSPS) is 22.9. The van der Waals surface area contributed by atoms with E-state index in [9.17, 15) is 0 Å². The molecule has 0 unspecified atom stereocenters. The van der Waals surface area contributed by atoms with Gasteiger partial charge in [0.2, 0.25) is 0 Å². The van der Waals surface area contributed by atoms with Gasteiger partial charge in [0.15, 0.2) is 0 Å². The second-order valence-corrected chi connectivity index (χ2v) is 13.9. The Morgan fingerprint density at radius 1 is 0.875 bits per heavy atom. The van der Waals surface area contributed by atoms with Crippen molar-refractivity contribution < 1.29 is 0 Å². The van der Waals surface area contributed by atoms with Crippen LogP contribution in [0.4, 0.5) is 0 Å². The molecule has 0 aliphatic carbocycles. The summed E-state index contributed by atoms with van der Waals surface area (Å²) in [6.45, 7) is 16.4. The van der Waals surface area contributed by atoms with Gasteiger partial charge in [-0.3, -0.25) is 0 Å². The van der Waals surface area contributed by atoms with E-state index in [4.69, 9.17) is 0 Å². The minimum atomic E-state index is -1.75. The molecule has 1 saturated heterocycles. The molecule has 1 fully saturated rings. The average Bonchev–Trinajstić information content (AvgIpc) is 1.92. The van der Waals surface area contributed by atoms with E-state index in [2.05, 4.69) is 71.9 Å². The van der Waals surface area contributed by atoms with Crippen LogP contribution in [-0.2, 0) is 0 Å². The Morgan fingerprint density at radius 2 is 1.19 bits per heavy atom. The third-order valence-electron chi connectivity index (χ3n) is 3.02. The van der Waals surface area contributed by atoms with E-state index in [-0.39, 0.29) is 0 Å². The Kier molecular flexibility index (Phi) is 4.06. The first-order valence-corrected chi connectivity index (χ1v) is 9.94. The molecule has 0 atom stereocenters. The molecular formula is C12H28N3Sn. The van der Waals surface area contributed by atoms with Crippen LogP contribution >= 0.6 is 0 Å². The maximum atomic E-state index is 2.76. The number of hydrogen-bond acceptors (Lipinski definition) is 3. The molecule has 0 bridgehead atoms. The summed E-state index contributed by atoms with van der Waals surface area (Å²) in [4.78, 5) is 0.